The monoisotopic (exact) mass is 246 g/mol. The lowest BCUT2D eigenvalue weighted by atomic mass is 10.2. The van der Waals surface area contributed by atoms with Crippen LogP contribution in [0.3, 0.4) is 0 Å². The molecule has 7 heteroatoms. The van der Waals surface area contributed by atoms with Crippen molar-refractivity contribution in [1.82, 2.24) is 0 Å². The molecule has 0 aliphatic carbocycles. The Balaban J connectivity index is 2.58. The Labute approximate surface area is 82.6 Å². The number of ether oxygens (including phenoxy) is 1. The zero-order valence-corrected chi connectivity index (χ0v) is 8.17. The molecule has 0 unspecified atom stereocenters. The molecule has 1 aromatic carbocycles. The van der Waals surface area contributed by atoms with Gasteiger partial charge in [-0.3, -0.25) is 0 Å². The van der Waals surface area contributed by atoms with Crippen LogP contribution in [-0.2, 0) is 6.42 Å². The van der Waals surface area contributed by atoms with Crippen molar-refractivity contribution in [3.63, 3.8) is 0 Å². The molecule has 0 saturated heterocycles. The SMILES string of the molecule is FS(F)(F)(F)(F)c1ccc2c(c1)OCC2. The lowest BCUT2D eigenvalue weighted by molar-refractivity contribution is 0.349. The highest BCUT2D eigenvalue weighted by Gasteiger charge is 2.65. The van der Waals surface area contributed by atoms with Gasteiger partial charge < -0.3 is 4.74 Å². The summed E-state index contributed by atoms with van der Waals surface area (Å²) in [6.45, 7) is 0.235. The van der Waals surface area contributed by atoms with Gasteiger partial charge in [0, 0.05) is 12.5 Å². The molecule has 0 N–H and O–H groups in total. The topological polar surface area (TPSA) is 9.23 Å². The van der Waals surface area contributed by atoms with Crippen LogP contribution in [0.4, 0.5) is 19.4 Å². The largest absolute Gasteiger partial charge is 0.493 e. The number of fused-ring (bicyclic) bond motifs is 1. The van der Waals surface area contributed by atoms with Crippen LogP contribution in [-0.4, -0.2) is 6.61 Å². The Kier molecular flexibility index (Phi) is 1.57. The minimum absolute atomic E-state index is 0.0965. The number of halogens is 5. The van der Waals surface area contributed by atoms with E-state index in [-0.39, 0.29) is 12.4 Å². The Hall–Kier alpha value is -0.980. The first-order chi connectivity index (χ1) is 6.56. The molecular weight excluding hydrogens is 239 g/mol. The predicted molar refractivity (Wildman–Crippen MR) is 47.0 cm³/mol. The number of hydrogen-bond acceptors (Lipinski definition) is 1. The quantitative estimate of drug-likeness (QED) is 0.672. The molecule has 0 spiro atoms. The fraction of sp³-hybridized carbons (Fsp3) is 0.250. The van der Waals surface area contributed by atoms with Gasteiger partial charge in [-0.1, -0.05) is 25.5 Å². The van der Waals surface area contributed by atoms with Gasteiger partial charge in [0.05, 0.1) is 6.61 Å². The summed E-state index contributed by atoms with van der Waals surface area (Å²) in [5, 5.41) is 0. The van der Waals surface area contributed by atoms with Gasteiger partial charge in [-0.25, -0.2) is 0 Å². The molecule has 0 atom stereocenters. The van der Waals surface area contributed by atoms with Gasteiger partial charge in [-0.2, -0.15) is 0 Å². The van der Waals surface area contributed by atoms with Crippen LogP contribution in [0.5, 0.6) is 5.75 Å². The maximum absolute atomic E-state index is 12.4. The van der Waals surface area contributed by atoms with Crippen LogP contribution in [0.25, 0.3) is 0 Å². The second-order valence-electron chi connectivity index (χ2n) is 3.34. The van der Waals surface area contributed by atoms with Crippen molar-refractivity contribution in [1.29, 1.82) is 0 Å². The van der Waals surface area contributed by atoms with Gasteiger partial charge in [0.2, 0.25) is 0 Å². The predicted octanol–water partition coefficient (Wildman–Crippen LogP) is 4.28. The molecule has 0 radical (unpaired) electrons. The average molecular weight is 246 g/mol. The minimum atomic E-state index is -9.56. The number of benzene rings is 1. The second-order valence-corrected chi connectivity index (χ2v) is 5.75. The van der Waals surface area contributed by atoms with Crippen molar-refractivity contribution in [2.45, 2.75) is 11.3 Å². The minimum Gasteiger partial charge on any atom is -0.493 e. The molecule has 1 aromatic rings. The van der Waals surface area contributed by atoms with Crippen molar-refractivity contribution in [3.05, 3.63) is 23.8 Å². The lowest BCUT2D eigenvalue weighted by Crippen LogP contribution is -2.05. The molecule has 0 amide bonds. The Morgan fingerprint density at radius 2 is 1.73 bits per heavy atom. The van der Waals surface area contributed by atoms with Crippen molar-refractivity contribution >= 4 is 10.2 Å². The highest BCUT2D eigenvalue weighted by molar-refractivity contribution is 8.45. The molecular formula is C8H7F5OS. The van der Waals surface area contributed by atoms with E-state index in [1.165, 1.54) is 0 Å². The lowest BCUT2D eigenvalue weighted by Gasteiger charge is -2.40. The van der Waals surface area contributed by atoms with Crippen LogP contribution < -0.4 is 4.74 Å². The van der Waals surface area contributed by atoms with Crippen LogP contribution >= 0.6 is 10.2 Å². The maximum atomic E-state index is 12.4. The molecule has 1 nitrogen and oxygen atoms in total. The van der Waals surface area contributed by atoms with Crippen molar-refractivity contribution in [2.75, 3.05) is 6.61 Å². The van der Waals surface area contributed by atoms with E-state index in [0.717, 1.165) is 6.07 Å². The third-order valence-corrected chi connectivity index (χ3v) is 3.26. The molecule has 1 aliphatic heterocycles. The fourth-order valence-corrected chi connectivity index (χ4v) is 2.04. The summed E-state index contributed by atoms with van der Waals surface area (Å²) >= 11 is 0. The van der Waals surface area contributed by atoms with Gasteiger partial charge in [0.1, 0.15) is 10.6 Å². The van der Waals surface area contributed by atoms with Gasteiger partial charge >= 0.3 is 10.2 Å². The molecule has 0 aromatic heterocycles. The second kappa shape index (κ2) is 2.23. The first kappa shape index (κ1) is 10.5. The Morgan fingerprint density at radius 3 is 2.33 bits per heavy atom. The molecule has 1 aliphatic rings. The maximum Gasteiger partial charge on any atom is 0.310 e. The summed E-state index contributed by atoms with van der Waals surface area (Å²) in [7, 11) is -9.56. The smallest absolute Gasteiger partial charge is 0.310 e. The molecule has 0 fully saturated rings. The van der Waals surface area contributed by atoms with Crippen molar-refractivity contribution in [2.24, 2.45) is 0 Å². The van der Waals surface area contributed by atoms with E-state index >= 15 is 0 Å². The summed E-state index contributed by atoms with van der Waals surface area (Å²) in [4.78, 5) is -1.89. The van der Waals surface area contributed by atoms with E-state index < -0.39 is 15.1 Å². The zero-order valence-electron chi connectivity index (χ0n) is 7.35. The number of rotatable bonds is 1. The van der Waals surface area contributed by atoms with E-state index in [1.54, 1.807) is 0 Å². The van der Waals surface area contributed by atoms with Gasteiger partial charge in [0.25, 0.3) is 0 Å². The summed E-state index contributed by atoms with van der Waals surface area (Å²) in [5.41, 5.74) is 0.528. The fourth-order valence-electron chi connectivity index (χ4n) is 1.39. The first-order valence-electron chi connectivity index (χ1n) is 4.06. The normalized spacial score (nSPS) is 20.1. The van der Waals surface area contributed by atoms with Gasteiger partial charge in [-0.15, -0.1) is 0 Å². The standard InChI is InChI=1S/C8H7F5OS/c9-15(10,11,12,13)7-2-1-6-3-4-14-8(6)5-7/h1-2,5H,3-4H2. The third kappa shape index (κ3) is 2.01. The molecule has 15 heavy (non-hydrogen) atoms. The number of hydrogen-bond donors (Lipinski definition) is 0. The van der Waals surface area contributed by atoms with Crippen LogP contribution in [0.15, 0.2) is 23.1 Å². The summed E-state index contributed by atoms with van der Waals surface area (Å²) in [6, 6.07) is 1.83. The van der Waals surface area contributed by atoms with Crippen LogP contribution in [0.2, 0.25) is 0 Å². The van der Waals surface area contributed by atoms with Crippen LogP contribution in [0.1, 0.15) is 5.56 Å². The van der Waals surface area contributed by atoms with Gasteiger partial charge in [0.15, 0.2) is 0 Å². The van der Waals surface area contributed by atoms with Crippen LogP contribution in [0, 0.1) is 0 Å². The molecule has 1 heterocycles. The van der Waals surface area contributed by atoms with E-state index in [2.05, 4.69) is 0 Å². The van der Waals surface area contributed by atoms with E-state index in [1.807, 2.05) is 0 Å². The highest BCUT2D eigenvalue weighted by atomic mass is 32.5. The van der Waals surface area contributed by atoms with Crippen molar-refractivity contribution in [3.8, 4) is 5.75 Å². The highest BCUT2D eigenvalue weighted by Crippen LogP contribution is 3.02. The Bertz CT molecular complexity index is 424. The average Bonchev–Trinajstić information content (AvgIpc) is 2.45. The molecule has 86 valence electrons. The Morgan fingerprint density at radius 1 is 1.07 bits per heavy atom. The van der Waals surface area contributed by atoms with E-state index in [4.69, 9.17) is 4.74 Å². The summed E-state index contributed by atoms with van der Waals surface area (Å²) in [6.07, 6.45) is 0.454. The molecule has 0 bridgehead atoms. The van der Waals surface area contributed by atoms with Gasteiger partial charge in [-0.05, 0) is 11.6 Å². The summed E-state index contributed by atoms with van der Waals surface area (Å²) in [5.74, 6) is -0.0965. The van der Waals surface area contributed by atoms with E-state index in [0.29, 0.717) is 24.1 Å². The third-order valence-electron chi connectivity index (χ3n) is 2.11. The molecule has 2 rings (SSSR count). The summed E-state index contributed by atoms with van der Waals surface area (Å²) < 4.78 is 66.6. The first-order valence-corrected chi connectivity index (χ1v) is 6.01. The zero-order chi connectivity index (χ0) is 11.4. The molecule has 0 saturated carbocycles. The van der Waals surface area contributed by atoms with Crippen molar-refractivity contribution < 1.29 is 24.2 Å². The van der Waals surface area contributed by atoms with E-state index in [9.17, 15) is 19.4 Å².